The minimum Gasteiger partial charge on any atom is -0.497 e. The van der Waals surface area contributed by atoms with Gasteiger partial charge >= 0.3 is 0 Å². The standard InChI is InChI=1S/C18H17F2N3O3S/c1-10-13(8-14(26-10)11-5-4-6-12(7-11)25-3)16(24)22-17-21-15(23-27-17)9-18(2,19)20/h4-8H,9H2,1-3H3,(H,21,22,23,24). The average molecular weight is 393 g/mol. The van der Waals surface area contributed by atoms with E-state index < -0.39 is 18.3 Å². The first-order valence-corrected chi connectivity index (χ1v) is 8.79. The third-order valence-electron chi connectivity index (χ3n) is 3.67. The van der Waals surface area contributed by atoms with E-state index in [-0.39, 0.29) is 11.0 Å². The Morgan fingerprint density at radius 2 is 2.15 bits per heavy atom. The predicted octanol–water partition coefficient (Wildman–Crippen LogP) is 4.57. The van der Waals surface area contributed by atoms with E-state index in [4.69, 9.17) is 9.15 Å². The van der Waals surface area contributed by atoms with Gasteiger partial charge < -0.3 is 9.15 Å². The highest BCUT2D eigenvalue weighted by molar-refractivity contribution is 7.09. The van der Waals surface area contributed by atoms with Gasteiger partial charge in [0.2, 0.25) is 5.13 Å². The van der Waals surface area contributed by atoms with E-state index in [9.17, 15) is 13.6 Å². The molecule has 0 spiro atoms. The number of nitrogens with one attached hydrogen (secondary N) is 1. The molecule has 27 heavy (non-hydrogen) atoms. The van der Waals surface area contributed by atoms with Crippen LogP contribution in [-0.4, -0.2) is 28.3 Å². The van der Waals surface area contributed by atoms with Crippen LogP contribution in [0.5, 0.6) is 5.75 Å². The number of methoxy groups -OCH3 is 1. The predicted molar refractivity (Wildman–Crippen MR) is 97.6 cm³/mol. The van der Waals surface area contributed by atoms with Crippen molar-refractivity contribution in [3.05, 3.63) is 47.5 Å². The van der Waals surface area contributed by atoms with Gasteiger partial charge in [-0.1, -0.05) is 12.1 Å². The summed E-state index contributed by atoms with van der Waals surface area (Å²) in [6.45, 7) is 2.46. The Morgan fingerprint density at radius 3 is 2.85 bits per heavy atom. The highest BCUT2D eigenvalue weighted by atomic mass is 32.1. The van der Waals surface area contributed by atoms with Gasteiger partial charge in [-0.2, -0.15) is 4.37 Å². The van der Waals surface area contributed by atoms with Crippen LogP contribution >= 0.6 is 11.5 Å². The number of hydrogen-bond acceptors (Lipinski definition) is 6. The Morgan fingerprint density at radius 1 is 1.37 bits per heavy atom. The summed E-state index contributed by atoms with van der Waals surface area (Å²) in [5, 5.41) is 2.72. The van der Waals surface area contributed by atoms with Crippen LogP contribution in [0.15, 0.2) is 34.7 Å². The van der Waals surface area contributed by atoms with Crippen molar-refractivity contribution in [2.24, 2.45) is 0 Å². The molecule has 9 heteroatoms. The number of aromatic nitrogens is 2. The van der Waals surface area contributed by atoms with Crippen LogP contribution in [0.25, 0.3) is 11.3 Å². The molecule has 0 atom stereocenters. The van der Waals surface area contributed by atoms with Crippen molar-refractivity contribution in [3.63, 3.8) is 0 Å². The summed E-state index contributed by atoms with van der Waals surface area (Å²) in [6.07, 6.45) is -0.579. The van der Waals surface area contributed by atoms with E-state index >= 15 is 0 Å². The lowest BCUT2D eigenvalue weighted by Gasteiger charge is -2.05. The van der Waals surface area contributed by atoms with Gasteiger partial charge in [0.05, 0.1) is 19.1 Å². The monoisotopic (exact) mass is 393 g/mol. The lowest BCUT2D eigenvalue weighted by molar-refractivity contribution is 0.0209. The molecule has 3 aromatic rings. The molecule has 0 aliphatic carbocycles. The molecule has 1 N–H and O–H groups in total. The Bertz CT molecular complexity index is 963. The number of furan rings is 1. The summed E-state index contributed by atoms with van der Waals surface area (Å²) in [7, 11) is 1.57. The summed E-state index contributed by atoms with van der Waals surface area (Å²) < 4.78 is 40.8. The van der Waals surface area contributed by atoms with Crippen LogP contribution in [-0.2, 0) is 6.42 Å². The number of amides is 1. The number of halogens is 2. The van der Waals surface area contributed by atoms with Gasteiger partial charge in [0, 0.05) is 17.1 Å². The van der Waals surface area contributed by atoms with E-state index in [0.717, 1.165) is 24.0 Å². The van der Waals surface area contributed by atoms with Gasteiger partial charge in [0.25, 0.3) is 11.8 Å². The van der Waals surface area contributed by atoms with Gasteiger partial charge in [0.1, 0.15) is 17.3 Å². The zero-order chi connectivity index (χ0) is 19.6. The summed E-state index contributed by atoms with van der Waals surface area (Å²) in [5.41, 5.74) is 1.09. The molecule has 3 rings (SSSR count). The number of carbonyl (C=O) groups is 1. The van der Waals surface area contributed by atoms with Crippen molar-refractivity contribution >= 4 is 22.6 Å². The van der Waals surface area contributed by atoms with Crippen molar-refractivity contribution in [2.75, 3.05) is 12.4 Å². The normalized spacial score (nSPS) is 11.4. The fraction of sp³-hybridized carbons (Fsp3) is 0.278. The molecule has 0 aliphatic heterocycles. The lowest BCUT2D eigenvalue weighted by Crippen LogP contribution is -2.15. The summed E-state index contributed by atoms with van der Waals surface area (Å²) in [4.78, 5) is 16.4. The zero-order valence-corrected chi connectivity index (χ0v) is 15.7. The van der Waals surface area contributed by atoms with Crippen LogP contribution < -0.4 is 10.1 Å². The highest BCUT2D eigenvalue weighted by Crippen LogP contribution is 2.29. The van der Waals surface area contributed by atoms with Crippen LogP contribution in [0, 0.1) is 6.92 Å². The molecule has 142 valence electrons. The maximum atomic E-state index is 13.0. The van der Waals surface area contributed by atoms with Crippen molar-refractivity contribution in [1.82, 2.24) is 9.36 Å². The van der Waals surface area contributed by atoms with Crippen LogP contribution in [0.1, 0.15) is 28.9 Å². The van der Waals surface area contributed by atoms with Crippen LogP contribution in [0.2, 0.25) is 0 Å². The topological polar surface area (TPSA) is 77.2 Å². The third kappa shape index (κ3) is 4.68. The Kier molecular flexibility index (Phi) is 5.22. The fourth-order valence-corrected chi connectivity index (χ4v) is 3.03. The van der Waals surface area contributed by atoms with Crippen molar-refractivity contribution < 1.29 is 22.7 Å². The zero-order valence-electron chi connectivity index (χ0n) is 14.9. The second kappa shape index (κ2) is 7.43. The molecule has 1 amide bonds. The molecule has 0 unspecified atom stereocenters. The van der Waals surface area contributed by atoms with Crippen molar-refractivity contribution in [1.29, 1.82) is 0 Å². The number of hydrogen-bond donors (Lipinski definition) is 1. The first-order valence-electron chi connectivity index (χ1n) is 8.02. The third-order valence-corrected chi connectivity index (χ3v) is 4.34. The molecule has 0 saturated carbocycles. The largest absolute Gasteiger partial charge is 0.497 e. The summed E-state index contributed by atoms with van der Waals surface area (Å²) in [5.74, 6) is -1.76. The summed E-state index contributed by atoms with van der Waals surface area (Å²) in [6, 6.07) is 8.87. The Hall–Kier alpha value is -2.81. The Balaban J connectivity index is 1.77. The first-order chi connectivity index (χ1) is 12.7. The molecular weight excluding hydrogens is 376 g/mol. The number of rotatable bonds is 6. The molecule has 0 radical (unpaired) electrons. The van der Waals surface area contributed by atoms with Crippen LogP contribution in [0.3, 0.4) is 0 Å². The minimum absolute atomic E-state index is 0.0104. The molecule has 0 fully saturated rings. The fourth-order valence-electron chi connectivity index (χ4n) is 2.44. The average Bonchev–Trinajstić information content (AvgIpc) is 3.19. The van der Waals surface area contributed by atoms with Gasteiger partial charge in [-0.15, -0.1) is 0 Å². The quantitative estimate of drug-likeness (QED) is 0.664. The second-order valence-corrected chi connectivity index (χ2v) is 6.78. The molecule has 2 heterocycles. The number of benzene rings is 1. The highest BCUT2D eigenvalue weighted by Gasteiger charge is 2.25. The number of aryl methyl sites for hydroxylation is 1. The van der Waals surface area contributed by atoms with Crippen molar-refractivity contribution in [3.8, 4) is 17.1 Å². The van der Waals surface area contributed by atoms with Gasteiger partial charge in [-0.25, -0.2) is 13.8 Å². The molecule has 0 aliphatic rings. The molecule has 0 saturated heterocycles. The number of alkyl halides is 2. The number of nitrogens with zero attached hydrogens (tertiary/aromatic N) is 2. The van der Waals surface area contributed by atoms with Gasteiger partial charge in [0.15, 0.2) is 5.82 Å². The number of anilines is 1. The molecule has 1 aromatic carbocycles. The van der Waals surface area contributed by atoms with Gasteiger partial charge in [-0.3, -0.25) is 10.1 Å². The minimum atomic E-state index is -2.91. The SMILES string of the molecule is COc1cccc(-c2cc(C(=O)Nc3nc(CC(C)(F)F)ns3)c(C)o2)c1. The van der Waals surface area contributed by atoms with Crippen LogP contribution in [0.4, 0.5) is 13.9 Å². The Labute approximate surface area is 158 Å². The maximum Gasteiger partial charge on any atom is 0.261 e. The number of ether oxygens (including phenoxy) is 1. The molecule has 6 nitrogen and oxygen atoms in total. The van der Waals surface area contributed by atoms with E-state index in [2.05, 4.69) is 14.7 Å². The maximum absolute atomic E-state index is 13.0. The van der Waals surface area contributed by atoms with E-state index in [1.165, 1.54) is 0 Å². The van der Waals surface area contributed by atoms with Gasteiger partial charge in [-0.05, 0) is 32.0 Å². The first kappa shape index (κ1) is 19.0. The van der Waals surface area contributed by atoms with E-state index in [1.54, 1.807) is 32.2 Å². The van der Waals surface area contributed by atoms with Crippen molar-refractivity contribution in [2.45, 2.75) is 26.2 Å². The smallest absolute Gasteiger partial charge is 0.261 e. The lowest BCUT2D eigenvalue weighted by atomic mass is 10.1. The molecule has 0 bridgehead atoms. The second-order valence-electron chi connectivity index (χ2n) is 6.03. The summed E-state index contributed by atoms with van der Waals surface area (Å²) >= 11 is 0.854. The molecular formula is C18H17F2N3O3S. The number of carbonyl (C=O) groups excluding carboxylic acids is 1. The molecule has 2 aromatic heterocycles. The van der Waals surface area contributed by atoms with E-state index in [1.807, 2.05) is 12.1 Å². The van der Waals surface area contributed by atoms with E-state index in [0.29, 0.717) is 22.8 Å².